The zero-order valence-electron chi connectivity index (χ0n) is 6.97. The van der Waals surface area contributed by atoms with Crippen LogP contribution in [0.4, 0.5) is 0 Å². The predicted octanol–water partition coefficient (Wildman–Crippen LogP) is 1.92. The maximum Gasteiger partial charge on any atom is 0.129 e. The maximum absolute atomic E-state index is 9.21. The van der Waals surface area contributed by atoms with Crippen molar-refractivity contribution in [3.05, 3.63) is 28.2 Å². The van der Waals surface area contributed by atoms with Crippen LogP contribution in [0.3, 0.4) is 0 Å². The van der Waals surface area contributed by atoms with E-state index < -0.39 is 0 Å². The van der Waals surface area contributed by atoms with Crippen LogP contribution in [0.5, 0.6) is 5.75 Å². The van der Waals surface area contributed by atoms with Crippen molar-refractivity contribution in [3.63, 3.8) is 0 Å². The molecular weight excluding hydrogens is 218 g/mol. The molecule has 0 atom stereocenters. The summed E-state index contributed by atoms with van der Waals surface area (Å²) < 4.78 is 0.760. The molecule has 0 aliphatic heterocycles. The lowest BCUT2D eigenvalue weighted by Crippen LogP contribution is -2.10. The van der Waals surface area contributed by atoms with Crippen LogP contribution < -0.4 is 5.32 Å². The van der Waals surface area contributed by atoms with Crippen LogP contribution in [0.1, 0.15) is 5.56 Å². The first-order chi connectivity index (χ1) is 5.74. The van der Waals surface area contributed by atoms with E-state index in [1.165, 1.54) is 5.56 Å². The fourth-order valence-electron chi connectivity index (χ4n) is 0.975. The minimum Gasteiger partial charge on any atom is -0.507 e. The number of nitrogens with one attached hydrogen (secondary N) is 1. The van der Waals surface area contributed by atoms with Crippen molar-refractivity contribution >= 4 is 15.9 Å². The standard InChI is InChI=1S/C9H12BrNO/c1-11-5-4-7-2-3-9(12)8(10)6-7/h2-3,6,11-12H,4-5H2,1H3. The smallest absolute Gasteiger partial charge is 0.129 e. The molecule has 66 valence electrons. The molecule has 1 aromatic rings. The molecule has 2 N–H and O–H groups in total. The molecule has 0 spiro atoms. The van der Waals surface area contributed by atoms with Gasteiger partial charge >= 0.3 is 0 Å². The van der Waals surface area contributed by atoms with Gasteiger partial charge in [-0.1, -0.05) is 6.07 Å². The highest BCUT2D eigenvalue weighted by Gasteiger charge is 1.98. The van der Waals surface area contributed by atoms with Gasteiger partial charge in [0.2, 0.25) is 0 Å². The summed E-state index contributed by atoms with van der Waals surface area (Å²) in [7, 11) is 1.93. The van der Waals surface area contributed by atoms with Crippen molar-refractivity contribution in [2.75, 3.05) is 13.6 Å². The van der Waals surface area contributed by atoms with Gasteiger partial charge < -0.3 is 10.4 Å². The summed E-state index contributed by atoms with van der Waals surface area (Å²) in [6, 6.07) is 5.57. The summed E-state index contributed by atoms with van der Waals surface area (Å²) in [6.07, 6.45) is 0.982. The molecule has 1 rings (SSSR count). The van der Waals surface area contributed by atoms with Gasteiger partial charge in [-0.25, -0.2) is 0 Å². The van der Waals surface area contributed by atoms with Crippen molar-refractivity contribution in [2.45, 2.75) is 6.42 Å². The molecule has 0 fully saturated rings. The van der Waals surface area contributed by atoms with E-state index in [0.717, 1.165) is 17.4 Å². The van der Waals surface area contributed by atoms with E-state index in [1.807, 2.05) is 19.2 Å². The van der Waals surface area contributed by atoms with Crippen LogP contribution in [-0.4, -0.2) is 18.7 Å². The molecule has 2 nitrogen and oxygen atoms in total. The normalized spacial score (nSPS) is 10.2. The molecule has 3 heteroatoms. The summed E-state index contributed by atoms with van der Waals surface area (Å²) in [5.41, 5.74) is 1.22. The highest BCUT2D eigenvalue weighted by molar-refractivity contribution is 9.10. The first-order valence-electron chi connectivity index (χ1n) is 3.86. The van der Waals surface area contributed by atoms with Gasteiger partial charge in [0.05, 0.1) is 4.47 Å². The second kappa shape index (κ2) is 4.48. The Balaban J connectivity index is 2.69. The number of benzene rings is 1. The summed E-state index contributed by atoms with van der Waals surface area (Å²) >= 11 is 3.27. The molecule has 0 saturated carbocycles. The predicted molar refractivity (Wildman–Crippen MR) is 53.4 cm³/mol. The number of phenols is 1. The van der Waals surface area contributed by atoms with Crippen molar-refractivity contribution in [2.24, 2.45) is 0 Å². The topological polar surface area (TPSA) is 32.3 Å². The van der Waals surface area contributed by atoms with Gasteiger partial charge in [-0.05, 0) is 53.6 Å². The van der Waals surface area contributed by atoms with E-state index in [1.54, 1.807) is 6.07 Å². The summed E-state index contributed by atoms with van der Waals surface area (Å²) in [4.78, 5) is 0. The Labute approximate surface area is 80.7 Å². The number of hydrogen-bond donors (Lipinski definition) is 2. The van der Waals surface area contributed by atoms with Crippen LogP contribution in [0.15, 0.2) is 22.7 Å². The molecule has 0 aliphatic carbocycles. The molecule has 0 aromatic heterocycles. The first kappa shape index (κ1) is 9.55. The quantitative estimate of drug-likeness (QED) is 0.831. The Morgan fingerprint density at radius 3 is 2.83 bits per heavy atom. The average molecular weight is 230 g/mol. The number of halogens is 1. The molecule has 0 amide bonds. The van der Waals surface area contributed by atoms with Crippen LogP contribution >= 0.6 is 15.9 Å². The lowest BCUT2D eigenvalue weighted by Gasteiger charge is -2.02. The van der Waals surface area contributed by atoms with Gasteiger partial charge in [-0.2, -0.15) is 0 Å². The van der Waals surface area contributed by atoms with E-state index in [4.69, 9.17) is 0 Å². The molecule has 0 heterocycles. The lowest BCUT2D eigenvalue weighted by atomic mass is 10.1. The molecular formula is C9H12BrNO. The highest BCUT2D eigenvalue weighted by Crippen LogP contribution is 2.24. The zero-order chi connectivity index (χ0) is 8.97. The summed E-state index contributed by atoms with van der Waals surface area (Å²) in [5, 5.41) is 12.3. The Bertz CT molecular complexity index is 263. The van der Waals surface area contributed by atoms with E-state index in [9.17, 15) is 5.11 Å². The largest absolute Gasteiger partial charge is 0.507 e. The Morgan fingerprint density at radius 2 is 2.25 bits per heavy atom. The number of likely N-dealkylation sites (N-methyl/N-ethyl adjacent to an activating group) is 1. The second-order valence-corrected chi connectivity index (χ2v) is 3.49. The SMILES string of the molecule is CNCCc1ccc(O)c(Br)c1. The number of rotatable bonds is 3. The Kier molecular flexibility index (Phi) is 3.56. The van der Waals surface area contributed by atoms with E-state index in [-0.39, 0.29) is 0 Å². The Hall–Kier alpha value is -0.540. The third-order valence-corrected chi connectivity index (χ3v) is 2.31. The summed E-state index contributed by atoms with van der Waals surface area (Å²) in [5.74, 6) is 0.295. The van der Waals surface area contributed by atoms with Gasteiger partial charge in [0, 0.05) is 0 Å². The van der Waals surface area contributed by atoms with Crippen LogP contribution in [0.25, 0.3) is 0 Å². The van der Waals surface area contributed by atoms with Crippen LogP contribution in [0.2, 0.25) is 0 Å². The van der Waals surface area contributed by atoms with Crippen LogP contribution in [0, 0.1) is 0 Å². The van der Waals surface area contributed by atoms with Gasteiger partial charge in [0.25, 0.3) is 0 Å². The third-order valence-electron chi connectivity index (χ3n) is 1.68. The minimum atomic E-state index is 0.295. The fraction of sp³-hybridized carbons (Fsp3) is 0.333. The van der Waals surface area contributed by atoms with Crippen molar-refractivity contribution in [3.8, 4) is 5.75 Å². The fourth-order valence-corrected chi connectivity index (χ4v) is 1.40. The molecule has 1 aromatic carbocycles. The molecule has 0 saturated heterocycles. The first-order valence-corrected chi connectivity index (χ1v) is 4.65. The average Bonchev–Trinajstić information content (AvgIpc) is 2.07. The van der Waals surface area contributed by atoms with Crippen LogP contribution in [-0.2, 0) is 6.42 Å². The van der Waals surface area contributed by atoms with Gasteiger partial charge in [-0.3, -0.25) is 0 Å². The minimum absolute atomic E-state index is 0.295. The molecule has 12 heavy (non-hydrogen) atoms. The van der Waals surface area contributed by atoms with Crippen molar-refractivity contribution in [1.82, 2.24) is 5.32 Å². The Morgan fingerprint density at radius 1 is 1.50 bits per heavy atom. The van der Waals surface area contributed by atoms with E-state index >= 15 is 0 Å². The highest BCUT2D eigenvalue weighted by atomic mass is 79.9. The molecule has 0 unspecified atom stereocenters. The monoisotopic (exact) mass is 229 g/mol. The molecule has 0 aliphatic rings. The van der Waals surface area contributed by atoms with Gasteiger partial charge in [0.15, 0.2) is 0 Å². The lowest BCUT2D eigenvalue weighted by molar-refractivity contribution is 0.471. The molecule has 0 bridgehead atoms. The molecule has 0 radical (unpaired) electrons. The second-order valence-electron chi connectivity index (χ2n) is 2.64. The van der Waals surface area contributed by atoms with E-state index in [2.05, 4.69) is 21.2 Å². The zero-order valence-corrected chi connectivity index (χ0v) is 8.56. The maximum atomic E-state index is 9.21. The van der Waals surface area contributed by atoms with E-state index in [0.29, 0.717) is 5.75 Å². The van der Waals surface area contributed by atoms with Crippen molar-refractivity contribution < 1.29 is 5.11 Å². The number of phenolic OH excluding ortho intramolecular Hbond substituents is 1. The summed E-state index contributed by atoms with van der Waals surface area (Å²) in [6.45, 7) is 0.956. The van der Waals surface area contributed by atoms with Gasteiger partial charge in [-0.15, -0.1) is 0 Å². The third kappa shape index (κ3) is 2.50. The van der Waals surface area contributed by atoms with Crippen molar-refractivity contribution in [1.29, 1.82) is 0 Å². The number of hydrogen-bond acceptors (Lipinski definition) is 2. The van der Waals surface area contributed by atoms with Gasteiger partial charge in [0.1, 0.15) is 5.75 Å². The number of aromatic hydroxyl groups is 1.